The Balaban J connectivity index is 0.000000107. The van der Waals surface area contributed by atoms with Crippen LogP contribution in [0.4, 0.5) is 0 Å². The van der Waals surface area contributed by atoms with Gasteiger partial charge >= 0.3 is 19.5 Å². The predicted molar refractivity (Wildman–Crippen MR) is 59.5 cm³/mol. The van der Waals surface area contributed by atoms with Crippen molar-refractivity contribution < 1.29 is 19.5 Å². The maximum atomic E-state index is 2.51. The summed E-state index contributed by atoms with van der Waals surface area (Å²) in [6, 6.07) is 0. The first-order chi connectivity index (χ1) is 6.90. The van der Waals surface area contributed by atoms with Gasteiger partial charge in [0.15, 0.2) is 0 Å². The Morgan fingerprint density at radius 2 is 1.13 bits per heavy atom. The molecule has 4 rings (SSSR count). The van der Waals surface area contributed by atoms with Crippen LogP contribution in [0, 0.1) is 36.5 Å². The number of hydrogen-bond donors (Lipinski definition) is 0. The van der Waals surface area contributed by atoms with Crippen LogP contribution in [0.3, 0.4) is 0 Å². The SMILES string of the molecule is [CH-]1CC2CCC1C2.[CH-]1CC2CCC1C2.[Zn+2]. The molecule has 4 aliphatic rings. The minimum Gasteiger partial charge on any atom is -0.325 e. The fraction of sp³-hybridized carbons (Fsp3) is 0.857. The molecule has 0 saturated heterocycles. The van der Waals surface area contributed by atoms with E-state index in [4.69, 9.17) is 0 Å². The number of hydrogen-bond acceptors (Lipinski definition) is 0. The van der Waals surface area contributed by atoms with Crippen molar-refractivity contribution in [2.45, 2.75) is 51.4 Å². The van der Waals surface area contributed by atoms with Crippen molar-refractivity contribution in [1.29, 1.82) is 0 Å². The van der Waals surface area contributed by atoms with Crippen LogP contribution >= 0.6 is 0 Å². The molecule has 0 aromatic heterocycles. The van der Waals surface area contributed by atoms with E-state index in [9.17, 15) is 0 Å². The Kier molecular flexibility index (Phi) is 4.27. The molecule has 0 amide bonds. The second kappa shape index (κ2) is 5.30. The maximum absolute atomic E-state index is 2.51. The van der Waals surface area contributed by atoms with Crippen LogP contribution in [0.25, 0.3) is 0 Å². The average molecular weight is 256 g/mol. The van der Waals surface area contributed by atoms with Gasteiger partial charge in [0, 0.05) is 0 Å². The summed E-state index contributed by atoms with van der Waals surface area (Å²) in [7, 11) is 0. The summed E-state index contributed by atoms with van der Waals surface area (Å²) >= 11 is 0. The molecular weight excluding hydrogens is 234 g/mol. The van der Waals surface area contributed by atoms with Gasteiger partial charge in [-0.2, -0.15) is 24.7 Å². The minimum absolute atomic E-state index is 0. The molecule has 1 heteroatoms. The van der Waals surface area contributed by atoms with Gasteiger partial charge in [0.1, 0.15) is 0 Å². The first-order valence-electron chi connectivity index (χ1n) is 6.57. The third kappa shape index (κ3) is 2.84. The van der Waals surface area contributed by atoms with Gasteiger partial charge in [0.2, 0.25) is 0 Å². The third-order valence-corrected chi connectivity index (χ3v) is 4.77. The van der Waals surface area contributed by atoms with E-state index in [1.807, 2.05) is 0 Å². The summed E-state index contributed by atoms with van der Waals surface area (Å²) in [5.41, 5.74) is 0. The third-order valence-electron chi connectivity index (χ3n) is 4.77. The van der Waals surface area contributed by atoms with E-state index in [2.05, 4.69) is 12.8 Å². The minimum atomic E-state index is 0. The van der Waals surface area contributed by atoms with Crippen molar-refractivity contribution in [2.24, 2.45) is 23.7 Å². The molecule has 4 fully saturated rings. The fourth-order valence-electron chi connectivity index (χ4n) is 3.85. The molecule has 4 unspecified atom stereocenters. The summed E-state index contributed by atoms with van der Waals surface area (Å²) < 4.78 is 0. The van der Waals surface area contributed by atoms with E-state index < -0.39 is 0 Å². The second-order valence-corrected chi connectivity index (χ2v) is 5.82. The molecule has 4 aliphatic carbocycles. The van der Waals surface area contributed by atoms with Crippen molar-refractivity contribution in [2.75, 3.05) is 0 Å². The van der Waals surface area contributed by atoms with Gasteiger partial charge in [-0.15, -0.1) is 0 Å². The van der Waals surface area contributed by atoms with E-state index >= 15 is 0 Å². The van der Waals surface area contributed by atoms with Crippen LogP contribution in [-0.4, -0.2) is 0 Å². The van der Waals surface area contributed by atoms with E-state index in [1.165, 1.54) is 51.4 Å². The molecule has 0 radical (unpaired) electrons. The summed E-state index contributed by atoms with van der Waals surface area (Å²) in [6.07, 6.45) is 17.0. The van der Waals surface area contributed by atoms with Crippen LogP contribution < -0.4 is 0 Å². The molecule has 4 bridgehead atoms. The Hall–Kier alpha value is 0.623. The van der Waals surface area contributed by atoms with Crippen LogP contribution in [0.1, 0.15) is 51.4 Å². The fourth-order valence-corrected chi connectivity index (χ4v) is 3.85. The van der Waals surface area contributed by atoms with E-state index in [1.54, 1.807) is 0 Å². The van der Waals surface area contributed by atoms with Crippen LogP contribution in [-0.2, 0) is 19.5 Å². The molecule has 80 valence electrons. The van der Waals surface area contributed by atoms with Crippen LogP contribution in [0.2, 0.25) is 0 Å². The number of fused-ring (bicyclic) bond motifs is 4. The van der Waals surface area contributed by atoms with Gasteiger partial charge in [-0.05, 0) is 0 Å². The zero-order valence-corrected chi connectivity index (χ0v) is 12.8. The van der Waals surface area contributed by atoms with Crippen LogP contribution in [0.5, 0.6) is 0 Å². The van der Waals surface area contributed by atoms with Gasteiger partial charge in [-0.1, -0.05) is 50.4 Å². The summed E-state index contributed by atoms with van der Waals surface area (Å²) in [5, 5.41) is 0. The quantitative estimate of drug-likeness (QED) is 0.453. The standard InChI is InChI=1S/2C7H11.Zn/c2*1-2-7-4-3-6(1)5-7;/h2*1,6-7H,2-5H2;/q2*-1;+2. The second-order valence-electron chi connectivity index (χ2n) is 5.82. The summed E-state index contributed by atoms with van der Waals surface area (Å²) in [4.78, 5) is 0. The topological polar surface area (TPSA) is 0 Å². The molecule has 15 heavy (non-hydrogen) atoms. The van der Waals surface area contributed by atoms with E-state index in [0.717, 1.165) is 23.7 Å². The Morgan fingerprint density at radius 1 is 0.667 bits per heavy atom. The molecule has 0 spiro atoms. The van der Waals surface area contributed by atoms with Crippen molar-refractivity contribution >= 4 is 0 Å². The maximum Gasteiger partial charge on any atom is 2.00 e. The van der Waals surface area contributed by atoms with E-state index in [0.29, 0.717) is 0 Å². The van der Waals surface area contributed by atoms with Crippen molar-refractivity contribution in [3.05, 3.63) is 12.8 Å². The molecular formula is C14H22Zn. The molecule has 0 nitrogen and oxygen atoms in total. The Morgan fingerprint density at radius 3 is 1.20 bits per heavy atom. The first kappa shape index (κ1) is 12.1. The molecule has 4 atom stereocenters. The molecule has 0 aromatic carbocycles. The molecule has 0 heterocycles. The Bertz CT molecular complexity index is 144. The Labute approximate surface area is 107 Å². The zero-order valence-electron chi connectivity index (χ0n) is 9.83. The van der Waals surface area contributed by atoms with Gasteiger partial charge in [-0.3, -0.25) is 0 Å². The number of rotatable bonds is 0. The van der Waals surface area contributed by atoms with Gasteiger partial charge in [-0.25, -0.2) is 0 Å². The van der Waals surface area contributed by atoms with Crippen molar-refractivity contribution in [3.8, 4) is 0 Å². The monoisotopic (exact) mass is 254 g/mol. The average Bonchev–Trinajstić information content (AvgIpc) is 3.01. The normalized spacial score (nSPS) is 44.8. The smallest absolute Gasteiger partial charge is 0.325 e. The van der Waals surface area contributed by atoms with Gasteiger partial charge in [0.25, 0.3) is 0 Å². The first-order valence-corrected chi connectivity index (χ1v) is 6.57. The van der Waals surface area contributed by atoms with Crippen LogP contribution in [0.15, 0.2) is 0 Å². The predicted octanol–water partition coefficient (Wildman–Crippen LogP) is 4.02. The summed E-state index contributed by atoms with van der Waals surface area (Å²) in [5.74, 6) is 4.32. The van der Waals surface area contributed by atoms with Gasteiger partial charge in [0.05, 0.1) is 0 Å². The zero-order chi connectivity index (χ0) is 9.38. The van der Waals surface area contributed by atoms with Crippen molar-refractivity contribution in [3.63, 3.8) is 0 Å². The van der Waals surface area contributed by atoms with Gasteiger partial charge < -0.3 is 12.8 Å². The molecule has 0 N–H and O–H groups in total. The molecule has 0 aromatic rings. The molecule has 4 saturated carbocycles. The van der Waals surface area contributed by atoms with Crippen molar-refractivity contribution in [1.82, 2.24) is 0 Å². The molecule has 0 aliphatic heterocycles. The van der Waals surface area contributed by atoms with E-state index in [-0.39, 0.29) is 19.5 Å². The largest absolute Gasteiger partial charge is 2.00 e. The summed E-state index contributed by atoms with van der Waals surface area (Å²) in [6.45, 7) is 0.